The van der Waals surface area contributed by atoms with Gasteiger partial charge in [-0.25, -0.2) is 0 Å². The maximum absolute atomic E-state index is 10.2. The summed E-state index contributed by atoms with van der Waals surface area (Å²) in [6.45, 7) is 2.03. The fourth-order valence-electron chi connectivity index (χ4n) is 2.61. The zero-order valence-corrected chi connectivity index (χ0v) is 11.0. The van der Waals surface area contributed by atoms with Crippen LogP contribution in [0.2, 0.25) is 0 Å². The molecule has 0 fully saturated rings. The van der Waals surface area contributed by atoms with Gasteiger partial charge in [0.05, 0.1) is 0 Å². The zero-order chi connectivity index (χ0) is 13.2. The lowest BCUT2D eigenvalue weighted by Crippen LogP contribution is -2.16. The minimum Gasteiger partial charge on any atom is -0.487 e. The highest BCUT2D eigenvalue weighted by atomic mass is 16.5. The van der Waals surface area contributed by atoms with Crippen LogP contribution in [0.4, 0.5) is 0 Å². The smallest absolute Gasteiger partial charge is 0.129 e. The predicted octanol–water partition coefficient (Wildman–Crippen LogP) is 3.48. The van der Waals surface area contributed by atoms with Crippen LogP contribution in [-0.2, 0) is 6.42 Å². The van der Waals surface area contributed by atoms with Crippen LogP contribution in [0.3, 0.4) is 0 Å². The SMILES string of the molecule is CCC1Oc2ccc(Cc3ccccc3)cc2C1O. The molecule has 1 N–H and O–H groups in total. The van der Waals surface area contributed by atoms with Gasteiger partial charge in [0.2, 0.25) is 0 Å². The first-order chi connectivity index (χ1) is 9.28. The van der Waals surface area contributed by atoms with Gasteiger partial charge in [-0.3, -0.25) is 0 Å². The lowest BCUT2D eigenvalue weighted by molar-refractivity contribution is 0.0653. The standard InChI is InChI=1S/C17H18O2/c1-2-15-17(18)14-11-13(8-9-16(14)19-15)10-12-6-4-3-5-7-12/h3-9,11,15,17-18H,2,10H2,1H3. The van der Waals surface area contributed by atoms with E-state index < -0.39 is 6.10 Å². The first-order valence-electron chi connectivity index (χ1n) is 6.79. The summed E-state index contributed by atoms with van der Waals surface area (Å²) in [6, 6.07) is 16.5. The summed E-state index contributed by atoms with van der Waals surface area (Å²) in [4.78, 5) is 0. The number of hydrogen-bond donors (Lipinski definition) is 1. The number of hydrogen-bond acceptors (Lipinski definition) is 2. The Morgan fingerprint density at radius 2 is 1.84 bits per heavy atom. The van der Waals surface area contributed by atoms with Crippen molar-refractivity contribution in [1.82, 2.24) is 0 Å². The molecule has 1 heterocycles. The van der Waals surface area contributed by atoms with Gasteiger partial charge in [-0.1, -0.05) is 43.3 Å². The van der Waals surface area contributed by atoms with Crippen LogP contribution in [0.5, 0.6) is 5.75 Å². The summed E-state index contributed by atoms with van der Waals surface area (Å²) in [6.07, 6.45) is 1.12. The molecule has 0 radical (unpaired) electrons. The Labute approximate surface area is 113 Å². The molecule has 2 heteroatoms. The van der Waals surface area contributed by atoms with Gasteiger partial charge < -0.3 is 9.84 Å². The van der Waals surface area contributed by atoms with Crippen molar-refractivity contribution in [1.29, 1.82) is 0 Å². The largest absolute Gasteiger partial charge is 0.487 e. The Balaban J connectivity index is 1.85. The van der Waals surface area contributed by atoms with Gasteiger partial charge >= 0.3 is 0 Å². The average Bonchev–Trinajstić information content (AvgIpc) is 2.77. The van der Waals surface area contributed by atoms with Crippen LogP contribution in [0.1, 0.15) is 36.1 Å². The molecule has 0 bridgehead atoms. The van der Waals surface area contributed by atoms with E-state index in [2.05, 4.69) is 24.3 Å². The highest BCUT2D eigenvalue weighted by molar-refractivity contribution is 5.43. The van der Waals surface area contributed by atoms with Crippen molar-refractivity contribution in [2.24, 2.45) is 0 Å². The van der Waals surface area contributed by atoms with Crippen LogP contribution in [0.25, 0.3) is 0 Å². The molecule has 2 atom stereocenters. The van der Waals surface area contributed by atoms with Crippen molar-refractivity contribution in [3.8, 4) is 5.75 Å². The molecule has 0 aromatic heterocycles. The van der Waals surface area contributed by atoms with Crippen molar-refractivity contribution in [2.75, 3.05) is 0 Å². The van der Waals surface area contributed by atoms with Crippen molar-refractivity contribution < 1.29 is 9.84 Å². The summed E-state index contributed by atoms with van der Waals surface area (Å²) >= 11 is 0. The molecule has 1 aliphatic heterocycles. The van der Waals surface area contributed by atoms with Crippen LogP contribution in [0.15, 0.2) is 48.5 Å². The molecular formula is C17H18O2. The summed E-state index contributed by atoms with van der Waals surface area (Å²) in [5, 5.41) is 10.2. The quantitative estimate of drug-likeness (QED) is 0.908. The topological polar surface area (TPSA) is 29.5 Å². The van der Waals surface area contributed by atoms with E-state index >= 15 is 0 Å². The molecule has 0 spiro atoms. The highest BCUT2D eigenvalue weighted by Crippen LogP contribution is 2.38. The lowest BCUT2D eigenvalue weighted by Gasteiger charge is -2.10. The molecule has 0 saturated heterocycles. The molecule has 3 rings (SSSR count). The summed E-state index contributed by atoms with van der Waals surface area (Å²) < 4.78 is 5.72. The Bertz CT molecular complexity index is 563. The molecule has 2 unspecified atom stereocenters. The van der Waals surface area contributed by atoms with Gasteiger partial charge in [0.1, 0.15) is 18.0 Å². The molecule has 19 heavy (non-hydrogen) atoms. The van der Waals surface area contributed by atoms with Gasteiger partial charge in [-0.2, -0.15) is 0 Å². The van der Waals surface area contributed by atoms with Gasteiger partial charge in [0.15, 0.2) is 0 Å². The molecule has 0 amide bonds. The number of aliphatic hydroxyl groups is 1. The van der Waals surface area contributed by atoms with Gasteiger partial charge in [-0.05, 0) is 36.1 Å². The first-order valence-corrected chi connectivity index (χ1v) is 6.79. The van der Waals surface area contributed by atoms with Crippen molar-refractivity contribution >= 4 is 0 Å². The molecule has 0 saturated carbocycles. The second-order valence-corrected chi connectivity index (χ2v) is 5.04. The van der Waals surface area contributed by atoms with E-state index in [4.69, 9.17) is 4.74 Å². The number of rotatable bonds is 3. The normalized spacial score (nSPS) is 20.9. The Morgan fingerprint density at radius 1 is 1.05 bits per heavy atom. The van der Waals surface area contributed by atoms with E-state index in [-0.39, 0.29) is 6.10 Å². The maximum atomic E-state index is 10.2. The highest BCUT2D eigenvalue weighted by Gasteiger charge is 2.31. The third-order valence-corrected chi connectivity index (χ3v) is 3.68. The van der Waals surface area contributed by atoms with E-state index in [1.807, 2.05) is 31.2 Å². The minimum atomic E-state index is -0.490. The Morgan fingerprint density at radius 3 is 2.58 bits per heavy atom. The van der Waals surface area contributed by atoms with Gasteiger partial charge in [-0.15, -0.1) is 0 Å². The maximum Gasteiger partial charge on any atom is 0.129 e. The van der Waals surface area contributed by atoms with E-state index in [1.54, 1.807) is 0 Å². The summed E-state index contributed by atoms with van der Waals surface area (Å²) in [5.74, 6) is 0.830. The number of benzene rings is 2. The minimum absolute atomic E-state index is 0.0954. The molecule has 1 aliphatic rings. The van der Waals surface area contributed by atoms with Crippen molar-refractivity contribution in [3.05, 3.63) is 65.2 Å². The molecule has 2 aromatic rings. The second-order valence-electron chi connectivity index (χ2n) is 5.04. The lowest BCUT2D eigenvalue weighted by atomic mass is 9.99. The Hall–Kier alpha value is -1.80. The van der Waals surface area contributed by atoms with E-state index in [0.717, 1.165) is 24.2 Å². The predicted molar refractivity (Wildman–Crippen MR) is 75.4 cm³/mol. The monoisotopic (exact) mass is 254 g/mol. The molecule has 2 aromatic carbocycles. The fourth-order valence-corrected chi connectivity index (χ4v) is 2.61. The fraction of sp³-hybridized carbons (Fsp3) is 0.294. The summed E-state index contributed by atoms with van der Waals surface area (Å²) in [5.41, 5.74) is 3.42. The zero-order valence-electron chi connectivity index (χ0n) is 11.0. The van der Waals surface area contributed by atoms with Gasteiger partial charge in [0, 0.05) is 5.56 Å². The van der Waals surface area contributed by atoms with E-state index in [9.17, 15) is 5.11 Å². The van der Waals surface area contributed by atoms with Crippen molar-refractivity contribution in [2.45, 2.75) is 32.0 Å². The van der Waals surface area contributed by atoms with Crippen molar-refractivity contribution in [3.63, 3.8) is 0 Å². The van der Waals surface area contributed by atoms with Gasteiger partial charge in [0.25, 0.3) is 0 Å². The van der Waals surface area contributed by atoms with Crippen LogP contribution in [-0.4, -0.2) is 11.2 Å². The van der Waals surface area contributed by atoms with E-state index in [0.29, 0.717) is 0 Å². The first kappa shape index (κ1) is 12.2. The average molecular weight is 254 g/mol. The molecule has 0 aliphatic carbocycles. The third kappa shape index (κ3) is 2.36. The third-order valence-electron chi connectivity index (χ3n) is 3.68. The van der Waals surface area contributed by atoms with Crippen LogP contribution >= 0.6 is 0 Å². The number of ether oxygens (including phenoxy) is 1. The number of fused-ring (bicyclic) bond motifs is 1. The Kier molecular flexibility index (Phi) is 3.26. The molecule has 2 nitrogen and oxygen atoms in total. The summed E-state index contributed by atoms with van der Waals surface area (Å²) in [7, 11) is 0. The van der Waals surface area contributed by atoms with Crippen LogP contribution < -0.4 is 4.74 Å². The number of aliphatic hydroxyl groups excluding tert-OH is 1. The molecular weight excluding hydrogens is 236 g/mol. The van der Waals surface area contributed by atoms with Crippen LogP contribution in [0, 0.1) is 0 Å². The second kappa shape index (κ2) is 5.06. The molecule has 98 valence electrons. The van der Waals surface area contributed by atoms with E-state index in [1.165, 1.54) is 11.1 Å².